The van der Waals surface area contributed by atoms with Gasteiger partial charge in [0.05, 0.1) is 26.3 Å². The maximum absolute atomic E-state index is 14.8. The van der Waals surface area contributed by atoms with Crippen LogP contribution in [0, 0.1) is 17.5 Å². The molecule has 2 aromatic carbocycles. The van der Waals surface area contributed by atoms with Crippen LogP contribution in [0.3, 0.4) is 0 Å². The molecule has 2 amide bonds. The van der Waals surface area contributed by atoms with E-state index in [1.54, 1.807) is 4.90 Å². The van der Waals surface area contributed by atoms with Gasteiger partial charge in [0.15, 0.2) is 11.4 Å². The van der Waals surface area contributed by atoms with Crippen LogP contribution in [0.5, 0.6) is 5.75 Å². The molecule has 4 atom stereocenters. The number of nitrogens with zero attached hydrogens (tertiary/aromatic N) is 3. The van der Waals surface area contributed by atoms with Crippen LogP contribution in [0.25, 0.3) is 0 Å². The van der Waals surface area contributed by atoms with Gasteiger partial charge in [0.1, 0.15) is 34.8 Å². The van der Waals surface area contributed by atoms with Crippen LogP contribution >= 0.6 is 0 Å². The van der Waals surface area contributed by atoms with E-state index in [1.165, 1.54) is 22.9 Å². The highest BCUT2D eigenvalue weighted by Gasteiger charge is 2.57. The molecule has 0 aliphatic carbocycles. The lowest BCUT2D eigenvalue weighted by Crippen LogP contribution is -2.52. The molecule has 2 saturated heterocycles. The summed E-state index contributed by atoms with van der Waals surface area (Å²) >= 11 is 0. The number of carbonyl (C=O) groups is 2. The molecule has 2 N–H and O–H groups in total. The summed E-state index contributed by atoms with van der Waals surface area (Å²) in [6.45, 7) is 1.78. The van der Waals surface area contributed by atoms with Gasteiger partial charge in [0.2, 0.25) is 5.43 Å². The van der Waals surface area contributed by atoms with Crippen LogP contribution < -0.4 is 15.9 Å². The number of benzene rings is 2. The first kappa shape index (κ1) is 29.9. The van der Waals surface area contributed by atoms with E-state index in [2.05, 4.69) is 0 Å². The van der Waals surface area contributed by atoms with Gasteiger partial charge in [-0.2, -0.15) is 5.06 Å². The largest absolute Gasteiger partial charge is 0.491 e. The van der Waals surface area contributed by atoms with Gasteiger partial charge in [-0.3, -0.25) is 19.2 Å². The second-order valence-electron chi connectivity index (χ2n) is 11.4. The van der Waals surface area contributed by atoms with Crippen LogP contribution in [-0.4, -0.2) is 57.9 Å². The number of aromatic nitrogens is 1. The molecular formula is C31H31F3N4O6. The first-order valence-electron chi connectivity index (χ1n) is 14.2. The second-order valence-corrected chi connectivity index (χ2v) is 11.4. The third-order valence-electron chi connectivity index (χ3n) is 8.80. The van der Waals surface area contributed by atoms with E-state index in [4.69, 9.17) is 20.0 Å². The van der Waals surface area contributed by atoms with Crippen LogP contribution in [0.15, 0.2) is 53.5 Å². The summed E-state index contributed by atoms with van der Waals surface area (Å²) in [5.41, 5.74) is 3.65. The minimum Gasteiger partial charge on any atom is -0.491 e. The van der Waals surface area contributed by atoms with Crippen LogP contribution in [0.1, 0.15) is 64.2 Å². The Morgan fingerprint density at radius 3 is 2.50 bits per heavy atom. The number of amides is 2. The van der Waals surface area contributed by atoms with Crippen molar-refractivity contribution in [2.45, 2.75) is 63.3 Å². The van der Waals surface area contributed by atoms with Crippen LogP contribution in [-0.2, 0) is 22.7 Å². The Morgan fingerprint density at radius 1 is 1.14 bits per heavy atom. The molecule has 3 aliphatic rings. The number of carbonyl (C=O) groups excluding carboxylic acids is 2. The van der Waals surface area contributed by atoms with Crippen molar-refractivity contribution < 1.29 is 37.1 Å². The van der Waals surface area contributed by atoms with Gasteiger partial charge < -0.3 is 24.7 Å². The van der Waals surface area contributed by atoms with Crippen molar-refractivity contribution in [3.05, 3.63) is 98.7 Å². The van der Waals surface area contributed by atoms with Gasteiger partial charge in [-0.05, 0) is 25.3 Å². The summed E-state index contributed by atoms with van der Waals surface area (Å²) in [6.07, 6.45) is 1.51. The number of fused-ring (bicyclic) bond motifs is 5. The number of primary amides is 1. The molecule has 3 aromatic rings. The zero-order valence-electron chi connectivity index (χ0n) is 24.1. The molecule has 1 spiro atoms. The number of halogens is 3. The van der Waals surface area contributed by atoms with E-state index in [9.17, 15) is 27.6 Å². The molecule has 0 radical (unpaired) electrons. The van der Waals surface area contributed by atoms with Gasteiger partial charge >= 0.3 is 0 Å². The molecule has 1 aromatic heterocycles. The normalized spacial score (nSPS) is 24.8. The Labute approximate surface area is 250 Å². The van der Waals surface area contributed by atoms with Gasteiger partial charge in [0, 0.05) is 42.9 Å². The highest BCUT2D eigenvalue weighted by Crippen LogP contribution is 2.49. The van der Waals surface area contributed by atoms with Crippen LogP contribution in [0.2, 0.25) is 0 Å². The van der Waals surface area contributed by atoms with E-state index in [-0.39, 0.29) is 42.6 Å². The Bertz CT molecular complexity index is 1660. The maximum Gasteiger partial charge on any atom is 0.274 e. The van der Waals surface area contributed by atoms with Gasteiger partial charge in [0.25, 0.3) is 11.8 Å². The predicted octanol–water partition coefficient (Wildman–Crippen LogP) is 3.67. The molecule has 3 aliphatic heterocycles. The van der Waals surface area contributed by atoms with E-state index in [0.29, 0.717) is 25.0 Å². The summed E-state index contributed by atoms with van der Waals surface area (Å²) in [7, 11) is 1.23. The summed E-state index contributed by atoms with van der Waals surface area (Å²) in [6, 6.07) is 9.59. The van der Waals surface area contributed by atoms with Crippen molar-refractivity contribution in [3.63, 3.8) is 0 Å². The number of ether oxygens (including phenoxy) is 2. The van der Waals surface area contributed by atoms with Gasteiger partial charge in [-0.1, -0.05) is 30.3 Å². The average Bonchev–Trinajstić information content (AvgIpc) is 3.29. The first-order valence-corrected chi connectivity index (χ1v) is 14.2. The summed E-state index contributed by atoms with van der Waals surface area (Å²) in [5, 5.41) is 1.34. The van der Waals surface area contributed by atoms with Crippen molar-refractivity contribution in [2.24, 2.45) is 5.73 Å². The standard InChI is InChI=1S/C31H31F3N4O6/c1-17-8-9-31(24-15-36(17)30(41)26-28(42-2)27(39)21(29(35)40)13-37(24)26)12-25(43-16-18-6-4-3-5-7-18)38(44-31)14-20-22(33)10-19(32)11-23(20)34/h3-7,10-11,13,17,24-25H,8-9,12,14-16H2,1-2H3,(H2,35,40)/t17-,24+,25?,31-/m0/s1. The summed E-state index contributed by atoms with van der Waals surface area (Å²) in [4.78, 5) is 47.4. The minimum absolute atomic E-state index is 0.0497. The van der Waals surface area contributed by atoms with E-state index < -0.39 is 64.7 Å². The molecule has 4 heterocycles. The molecular weight excluding hydrogens is 581 g/mol. The lowest BCUT2D eigenvalue weighted by Gasteiger charge is -2.42. The van der Waals surface area contributed by atoms with E-state index in [1.807, 2.05) is 37.3 Å². The average molecular weight is 613 g/mol. The maximum atomic E-state index is 14.8. The van der Waals surface area contributed by atoms with Crippen molar-refractivity contribution in [3.8, 4) is 5.75 Å². The SMILES string of the molecule is COc1c2n(cc(C(N)=O)c1=O)[C@@H]1CN(C2=O)[C@@H](C)CC[C@]12CC(OCc1ccccc1)N(Cc1c(F)cc(F)cc1F)O2. The van der Waals surface area contributed by atoms with Gasteiger partial charge in [-0.25, -0.2) is 13.2 Å². The number of rotatable bonds is 7. The van der Waals surface area contributed by atoms with Crippen LogP contribution in [0.4, 0.5) is 13.2 Å². The monoisotopic (exact) mass is 612 g/mol. The predicted molar refractivity (Wildman–Crippen MR) is 150 cm³/mol. The lowest BCUT2D eigenvalue weighted by molar-refractivity contribution is -0.258. The number of nitrogens with two attached hydrogens (primary N) is 1. The Kier molecular flexibility index (Phi) is 7.72. The van der Waals surface area contributed by atoms with Crippen molar-refractivity contribution in [1.29, 1.82) is 0 Å². The fourth-order valence-electron chi connectivity index (χ4n) is 6.49. The third-order valence-corrected chi connectivity index (χ3v) is 8.80. The highest BCUT2D eigenvalue weighted by molar-refractivity contribution is 5.99. The Hall–Kier alpha value is -4.20. The molecule has 232 valence electrons. The number of hydrogen-bond acceptors (Lipinski definition) is 7. The Balaban J connectivity index is 1.46. The summed E-state index contributed by atoms with van der Waals surface area (Å²) < 4.78 is 56.6. The fourth-order valence-corrected chi connectivity index (χ4v) is 6.49. The molecule has 13 heteroatoms. The van der Waals surface area contributed by atoms with Crippen molar-refractivity contribution >= 4 is 11.8 Å². The van der Waals surface area contributed by atoms with Crippen molar-refractivity contribution in [2.75, 3.05) is 13.7 Å². The topological polar surface area (TPSA) is 116 Å². The molecule has 44 heavy (non-hydrogen) atoms. The number of hydroxylamine groups is 2. The molecule has 2 fully saturated rings. The molecule has 2 bridgehead atoms. The third kappa shape index (κ3) is 5.04. The van der Waals surface area contributed by atoms with Crippen molar-refractivity contribution in [1.82, 2.24) is 14.5 Å². The van der Waals surface area contributed by atoms with Gasteiger partial charge in [-0.15, -0.1) is 0 Å². The lowest BCUT2D eigenvalue weighted by atomic mass is 9.85. The highest BCUT2D eigenvalue weighted by atomic mass is 19.1. The zero-order valence-corrected chi connectivity index (χ0v) is 24.1. The molecule has 0 saturated carbocycles. The molecule has 10 nitrogen and oxygen atoms in total. The Morgan fingerprint density at radius 2 is 1.84 bits per heavy atom. The molecule has 1 unspecified atom stereocenters. The minimum atomic E-state index is -1.12. The number of hydrogen-bond donors (Lipinski definition) is 1. The number of pyridine rings is 1. The van der Waals surface area contributed by atoms with E-state index >= 15 is 0 Å². The zero-order chi connectivity index (χ0) is 31.3. The number of methoxy groups -OCH3 is 1. The first-order chi connectivity index (χ1) is 21.0. The molecule has 6 rings (SSSR count). The second kappa shape index (κ2) is 11.4. The quantitative estimate of drug-likeness (QED) is 0.433. The van der Waals surface area contributed by atoms with E-state index in [0.717, 1.165) is 5.56 Å². The fraction of sp³-hybridized carbons (Fsp3) is 0.387. The summed E-state index contributed by atoms with van der Waals surface area (Å²) in [5.74, 6) is -4.94. The smallest absolute Gasteiger partial charge is 0.274 e.